The summed E-state index contributed by atoms with van der Waals surface area (Å²) >= 11 is 0. The molecule has 0 aliphatic heterocycles. The topological polar surface area (TPSA) is 120 Å². The minimum Gasteiger partial charge on any atom is -0.497 e. The second kappa shape index (κ2) is 13.4. The third-order valence-corrected chi connectivity index (χ3v) is 5.16. The van der Waals surface area contributed by atoms with Crippen molar-refractivity contribution in [1.29, 1.82) is 0 Å². The minimum atomic E-state index is -0.574. The van der Waals surface area contributed by atoms with Crippen LogP contribution in [0.3, 0.4) is 0 Å². The first-order valence-corrected chi connectivity index (χ1v) is 11.6. The second-order valence-electron chi connectivity index (χ2n) is 8.05. The zero-order valence-corrected chi connectivity index (χ0v) is 20.6. The van der Waals surface area contributed by atoms with Crippen molar-refractivity contribution in [3.8, 4) is 17.2 Å². The molecule has 3 rings (SSSR count). The number of amides is 2. The first kappa shape index (κ1) is 26.9. The monoisotopic (exact) mass is 504 g/mol. The van der Waals surface area contributed by atoms with Crippen molar-refractivity contribution in [2.45, 2.75) is 26.2 Å². The molecule has 0 radical (unpaired) electrons. The van der Waals surface area contributed by atoms with Crippen LogP contribution in [0.25, 0.3) is 0 Å². The van der Waals surface area contributed by atoms with E-state index in [9.17, 15) is 19.2 Å². The molecule has 0 atom stereocenters. The molecule has 0 aliphatic carbocycles. The van der Waals surface area contributed by atoms with Gasteiger partial charge in [0.05, 0.1) is 7.11 Å². The van der Waals surface area contributed by atoms with Crippen molar-refractivity contribution >= 4 is 34.9 Å². The Balaban J connectivity index is 1.32. The van der Waals surface area contributed by atoms with Crippen molar-refractivity contribution in [2.24, 2.45) is 0 Å². The molecule has 0 saturated carbocycles. The summed E-state index contributed by atoms with van der Waals surface area (Å²) in [5.74, 6) is 0.611. The molecule has 192 valence electrons. The number of rotatable bonds is 12. The van der Waals surface area contributed by atoms with Crippen molar-refractivity contribution in [3.05, 3.63) is 78.4 Å². The number of benzene rings is 3. The third-order valence-electron chi connectivity index (χ3n) is 5.16. The minimum absolute atomic E-state index is 0.00263. The summed E-state index contributed by atoms with van der Waals surface area (Å²) in [4.78, 5) is 47.3. The van der Waals surface area contributed by atoms with Gasteiger partial charge in [-0.05, 0) is 86.1 Å². The largest absolute Gasteiger partial charge is 0.497 e. The van der Waals surface area contributed by atoms with E-state index in [-0.39, 0.29) is 31.0 Å². The molecular formula is C28H28N2O7. The molecule has 0 aromatic heterocycles. The summed E-state index contributed by atoms with van der Waals surface area (Å²) < 4.78 is 15.8. The number of carbonyl (C=O) groups excluding carboxylic acids is 4. The first-order chi connectivity index (χ1) is 17.8. The van der Waals surface area contributed by atoms with E-state index >= 15 is 0 Å². The lowest BCUT2D eigenvalue weighted by Gasteiger charge is -2.09. The van der Waals surface area contributed by atoms with Crippen molar-refractivity contribution in [3.63, 3.8) is 0 Å². The Bertz CT molecular complexity index is 1220. The number of esters is 1. The molecular weight excluding hydrogens is 476 g/mol. The number of ether oxygens (including phenoxy) is 3. The summed E-state index contributed by atoms with van der Waals surface area (Å²) in [6, 6.07) is 20.5. The Hall–Kier alpha value is -4.66. The first-order valence-electron chi connectivity index (χ1n) is 11.6. The fourth-order valence-electron chi connectivity index (χ4n) is 3.21. The highest BCUT2D eigenvalue weighted by Crippen LogP contribution is 2.25. The van der Waals surface area contributed by atoms with E-state index in [1.54, 1.807) is 79.9 Å². The number of anilines is 2. The van der Waals surface area contributed by atoms with Crippen LogP contribution in [0.1, 0.15) is 36.5 Å². The van der Waals surface area contributed by atoms with Crippen LogP contribution in [0, 0.1) is 0 Å². The highest BCUT2D eigenvalue weighted by Gasteiger charge is 2.10. The van der Waals surface area contributed by atoms with Gasteiger partial charge in [-0.2, -0.15) is 0 Å². The SMILES string of the molecule is COc1ccc(Oc2ccc(NC(=O)CCCC(=O)OCC(=O)Nc3ccc(C(C)=O)cc3)cc2)cc1. The van der Waals surface area contributed by atoms with Crippen LogP contribution >= 0.6 is 0 Å². The van der Waals surface area contributed by atoms with Gasteiger partial charge in [0.15, 0.2) is 12.4 Å². The quantitative estimate of drug-likeness (QED) is 0.264. The molecule has 0 bridgehead atoms. The van der Waals surface area contributed by atoms with Crippen LogP contribution in [-0.4, -0.2) is 37.3 Å². The average Bonchev–Trinajstić information content (AvgIpc) is 2.89. The maximum Gasteiger partial charge on any atom is 0.306 e. The van der Waals surface area contributed by atoms with Gasteiger partial charge in [-0.1, -0.05) is 0 Å². The van der Waals surface area contributed by atoms with Gasteiger partial charge in [0.25, 0.3) is 5.91 Å². The van der Waals surface area contributed by atoms with Crippen LogP contribution in [0.15, 0.2) is 72.8 Å². The number of carbonyl (C=O) groups is 4. The molecule has 9 heteroatoms. The van der Waals surface area contributed by atoms with Gasteiger partial charge in [0, 0.05) is 29.8 Å². The summed E-state index contributed by atoms with van der Waals surface area (Å²) in [7, 11) is 1.59. The molecule has 3 aromatic carbocycles. The number of hydrogen-bond donors (Lipinski definition) is 2. The fourth-order valence-corrected chi connectivity index (χ4v) is 3.21. The van der Waals surface area contributed by atoms with Crippen LogP contribution in [0.4, 0.5) is 11.4 Å². The lowest BCUT2D eigenvalue weighted by atomic mass is 10.1. The summed E-state index contributed by atoms with van der Waals surface area (Å²) in [6.07, 6.45) is 0.397. The van der Waals surface area contributed by atoms with Gasteiger partial charge in [-0.3, -0.25) is 19.2 Å². The van der Waals surface area contributed by atoms with E-state index in [1.165, 1.54) is 6.92 Å². The van der Waals surface area contributed by atoms with Crippen LogP contribution in [0.5, 0.6) is 17.2 Å². The van der Waals surface area contributed by atoms with Gasteiger partial charge < -0.3 is 24.8 Å². The average molecular weight is 505 g/mol. The smallest absolute Gasteiger partial charge is 0.306 e. The Kier molecular flexibility index (Phi) is 9.78. The molecule has 2 N–H and O–H groups in total. The normalized spacial score (nSPS) is 10.2. The Morgan fingerprint density at radius 1 is 0.676 bits per heavy atom. The molecule has 9 nitrogen and oxygen atoms in total. The Morgan fingerprint density at radius 3 is 1.76 bits per heavy atom. The molecule has 0 aliphatic rings. The lowest BCUT2D eigenvalue weighted by molar-refractivity contribution is -0.147. The zero-order chi connectivity index (χ0) is 26.6. The van der Waals surface area contributed by atoms with Crippen molar-refractivity contribution in [2.75, 3.05) is 24.4 Å². The van der Waals surface area contributed by atoms with E-state index in [2.05, 4.69) is 10.6 Å². The predicted molar refractivity (Wildman–Crippen MR) is 138 cm³/mol. The predicted octanol–water partition coefficient (Wildman–Crippen LogP) is 4.98. The molecule has 3 aromatic rings. The number of nitrogens with one attached hydrogen (secondary N) is 2. The van der Waals surface area contributed by atoms with Gasteiger partial charge in [-0.25, -0.2) is 0 Å². The molecule has 0 saturated heterocycles. The van der Waals surface area contributed by atoms with E-state index in [1.807, 2.05) is 0 Å². The van der Waals surface area contributed by atoms with Gasteiger partial charge in [0.2, 0.25) is 5.91 Å². The fraction of sp³-hybridized carbons (Fsp3) is 0.214. The van der Waals surface area contributed by atoms with E-state index in [0.717, 1.165) is 5.75 Å². The Labute approximate surface area is 214 Å². The van der Waals surface area contributed by atoms with Gasteiger partial charge >= 0.3 is 5.97 Å². The molecule has 0 unspecified atom stereocenters. The van der Waals surface area contributed by atoms with E-state index in [0.29, 0.717) is 28.4 Å². The summed E-state index contributed by atoms with van der Waals surface area (Å²) in [5, 5.41) is 5.34. The number of hydrogen-bond acceptors (Lipinski definition) is 7. The standard InChI is InChI=1S/C28H28N2O7/c1-19(31)20-6-8-21(9-7-20)30-27(33)18-36-28(34)5-3-4-26(32)29-22-10-12-24(13-11-22)37-25-16-14-23(35-2)15-17-25/h6-17H,3-5,18H2,1-2H3,(H,29,32)(H,30,33). The molecule has 2 amide bonds. The zero-order valence-electron chi connectivity index (χ0n) is 20.6. The number of ketones is 1. The third kappa shape index (κ3) is 9.14. The Morgan fingerprint density at radius 2 is 1.19 bits per heavy atom. The van der Waals surface area contributed by atoms with E-state index in [4.69, 9.17) is 14.2 Å². The van der Waals surface area contributed by atoms with E-state index < -0.39 is 18.5 Å². The maximum atomic E-state index is 12.2. The highest BCUT2D eigenvalue weighted by atomic mass is 16.5. The van der Waals surface area contributed by atoms with Crippen LogP contribution in [0.2, 0.25) is 0 Å². The van der Waals surface area contributed by atoms with Crippen molar-refractivity contribution in [1.82, 2.24) is 0 Å². The second-order valence-corrected chi connectivity index (χ2v) is 8.05. The summed E-state index contributed by atoms with van der Waals surface area (Å²) in [5.41, 5.74) is 1.62. The van der Waals surface area contributed by atoms with Gasteiger partial charge in [0.1, 0.15) is 17.2 Å². The number of methoxy groups -OCH3 is 1. The molecule has 0 fully saturated rings. The summed E-state index contributed by atoms with van der Waals surface area (Å²) in [6.45, 7) is 1.01. The van der Waals surface area contributed by atoms with Crippen LogP contribution < -0.4 is 20.1 Å². The highest BCUT2D eigenvalue weighted by molar-refractivity contribution is 5.96. The molecule has 0 spiro atoms. The molecule has 0 heterocycles. The van der Waals surface area contributed by atoms with Crippen LogP contribution in [-0.2, 0) is 19.1 Å². The molecule has 37 heavy (non-hydrogen) atoms. The van der Waals surface area contributed by atoms with Crippen molar-refractivity contribution < 1.29 is 33.4 Å². The maximum absolute atomic E-state index is 12.2. The lowest BCUT2D eigenvalue weighted by Crippen LogP contribution is -2.21. The van der Waals surface area contributed by atoms with Gasteiger partial charge in [-0.15, -0.1) is 0 Å². The number of Topliss-reactive ketones (excluding diaryl/α,β-unsaturated/α-hetero) is 1.